The fourth-order valence-corrected chi connectivity index (χ4v) is 4.13. The maximum absolute atomic E-state index is 12.9. The van der Waals surface area contributed by atoms with Crippen LogP contribution in [0.1, 0.15) is 5.56 Å². The molecule has 3 rings (SSSR count). The van der Waals surface area contributed by atoms with Gasteiger partial charge in [-0.2, -0.15) is 0 Å². The Hall–Kier alpha value is -2.89. The SMILES string of the molecule is C#CCOc1c(Br)cc(/C=C2\SC(=O)N(c3ccccc3OC)C2=O)cc1OC. The lowest BCUT2D eigenvalue weighted by Gasteiger charge is -2.15. The first-order valence-corrected chi connectivity index (χ1v) is 9.95. The van der Waals surface area contributed by atoms with E-state index in [1.165, 1.54) is 14.2 Å². The Balaban J connectivity index is 1.96. The number of carbonyl (C=O) groups excluding carboxylic acids is 2. The summed E-state index contributed by atoms with van der Waals surface area (Å²) in [7, 11) is 2.99. The summed E-state index contributed by atoms with van der Waals surface area (Å²) in [6, 6.07) is 10.3. The molecule has 0 aliphatic carbocycles. The summed E-state index contributed by atoms with van der Waals surface area (Å²) < 4.78 is 16.7. The molecule has 0 unspecified atom stereocenters. The average molecular weight is 474 g/mol. The van der Waals surface area contributed by atoms with Gasteiger partial charge in [-0.1, -0.05) is 18.1 Å². The lowest BCUT2D eigenvalue weighted by molar-refractivity contribution is -0.113. The van der Waals surface area contributed by atoms with E-state index >= 15 is 0 Å². The van der Waals surface area contributed by atoms with Crippen molar-refractivity contribution in [2.75, 3.05) is 25.7 Å². The molecule has 0 spiro atoms. The van der Waals surface area contributed by atoms with Crippen LogP contribution >= 0.6 is 27.7 Å². The number of methoxy groups -OCH3 is 2. The number of anilines is 1. The summed E-state index contributed by atoms with van der Waals surface area (Å²) in [5.74, 6) is 3.32. The summed E-state index contributed by atoms with van der Waals surface area (Å²) in [6.45, 7) is 0.0894. The molecule has 1 heterocycles. The van der Waals surface area contributed by atoms with Crippen molar-refractivity contribution in [3.8, 4) is 29.6 Å². The van der Waals surface area contributed by atoms with Crippen LogP contribution in [0.4, 0.5) is 10.5 Å². The molecule has 2 aromatic carbocycles. The summed E-state index contributed by atoms with van der Waals surface area (Å²) >= 11 is 4.28. The van der Waals surface area contributed by atoms with Crippen LogP contribution in [0.25, 0.3) is 6.08 Å². The van der Waals surface area contributed by atoms with Crippen molar-refractivity contribution in [1.82, 2.24) is 0 Å². The Bertz CT molecular complexity index is 1040. The van der Waals surface area contributed by atoms with Gasteiger partial charge in [0.25, 0.3) is 11.1 Å². The van der Waals surface area contributed by atoms with E-state index in [9.17, 15) is 9.59 Å². The van der Waals surface area contributed by atoms with Crippen LogP contribution in [0.3, 0.4) is 0 Å². The van der Waals surface area contributed by atoms with Gasteiger partial charge in [-0.3, -0.25) is 9.59 Å². The number of hydrogen-bond donors (Lipinski definition) is 0. The molecule has 1 aliphatic rings. The van der Waals surface area contributed by atoms with Crippen molar-refractivity contribution in [3.63, 3.8) is 0 Å². The van der Waals surface area contributed by atoms with Crippen LogP contribution in [0, 0.1) is 12.3 Å². The smallest absolute Gasteiger partial charge is 0.298 e. The maximum atomic E-state index is 12.9. The van der Waals surface area contributed by atoms with Gasteiger partial charge in [-0.25, -0.2) is 4.90 Å². The van der Waals surface area contributed by atoms with Crippen molar-refractivity contribution in [2.45, 2.75) is 0 Å². The highest BCUT2D eigenvalue weighted by molar-refractivity contribution is 9.10. The quantitative estimate of drug-likeness (QED) is 0.446. The normalized spacial score (nSPS) is 14.8. The highest BCUT2D eigenvalue weighted by atomic mass is 79.9. The van der Waals surface area contributed by atoms with Crippen molar-refractivity contribution in [3.05, 3.63) is 51.3 Å². The minimum absolute atomic E-state index is 0.0894. The van der Waals surface area contributed by atoms with Gasteiger partial charge >= 0.3 is 0 Å². The van der Waals surface area contributed by atoms with E-state index < -0.39 is 11.1 Å². The first-order chi connectivity index (χ1) is 14.0. The first-order valence-electron chi connectivity index (χ1n) is 8.35. The number of rotatable bonds is 6. The molecule has 6 nitrogen and oxygen atoms in total. The molecule has 0 radical (unpaired) electrons. The van der Waals surface area contributed by atoms with Crippen LogP contribution in [0.5, 0.6) is 17.2 Å². The topological polar surface area (TPSA) is 65.1 Å². The molecule has 0 N–H and O–H groups in total. The van der Waals surface area contributed by atoms with Crippen molar-refractivity contribution >= 4 is 50.6 Å². The molecule has 29 heavy (non-hydrogen) atoms. The molecule has 0 saturated carbocycles. The van der Waals surface area contributed by atoms with E-state index in [1.54, 1.807) is 42.5 Å². The Morgan fingerprint density at radius 1 is 1.17 bits per heavy atom. The number of benzene rings is 2. The molecule has 2 amide bonds. The van der Waals surface area contributed by atoms with Gasteiger partial charge in [0.15, 0.2) is 11.5 Å². The molecular weight excluding hydrogens is 458 g/mol. The van der Waals surface area contributed by atoms with E-state index in [1.807, 2.05) is 0 Å². The molecule has 148 valence electrons. The molecular formula is C21H16BrNO5S. The Morgan fingerprint density at radius 3 is 2.59 bits per heavy atom. The fourth-order valence-electron chi connectivity index (χ4n) is 2.72. The Kier molecular flexibility index (Phi) is 6.52. The van der Waals surface area contributed by atoms with Crippen LogP contribution in [0.2, 0.25) is 0 Å². The van der Waals surface area contributed by atoms with Gasteiger partial charge in [0.1, 0.15) is 12.4 Å². The van der Waals surface area contributed by atoms with E-state index in [4.69, 9.17) is 20.6 Å². The van der Waals surface area contributed by atoms with E-state index in [0.717, 1.165) is 16.7 Å². The Morgan fingerprint density at radius 2 is 1.90 bits per heavy atom. The van der Waals surface area contributed by atoms with Crippen LogP contribution < -0.4 is 19.1 Å². The molecule has 1 saturated heterocycles. The van der Waals surface area contributed by atoms with Gasteiger partial charge < -0.3 is 14.2 Å². The first kappa shape index (κ1) is 20.8. The summed E-state index contributed by atoms with van der Waals surface area (Å²) in [5.41, 5.74) is 1.06. The van der Waals surface area contributed by atoms with Crippen molar-refractivity contribution in [1.29, 1.82) is 0 Å². The molecule has 2 aromatic rings. The second-order valence-electron chi connectivity index (χ2n) is 5.72. The fraction of sp³-hybridized carbons (Fsp3) is 0.143. The predicted molar refractivity (Wildman–Crippen MR) is 116 cm³/mol. The van der Waals surface area contributed by atoms with Gasteiger partial charge in [-0.05, 0) is 63.6 Å². The number of terminal acetylenes is 1. The zero-order valence-electron chi connectivity index (χ0n) is 15.6. The summed E-state index contributed by atoms with van der Waals surface area (Å²) in [6.07, 6.45) is 6.86. The predicted octanol–water partition coefficient (Wildman–Crippen LogP) is 4.72. The molecule has 0 aromatic heterocycles. The third kappa shape index (κ3) is 4.26. The van der Waals surface area contributed by atoms with Crippen molar-refractivity contribution in [2.24, 2.45) is 0 Å². The molecule has 0 bridgehead atoms. The van der Waals surface area contributed by atoms with Crippen LogP contribution in [-0.4, -0.2) is 32.0 Å². The van der Waals surface area contributed by atoms with Crippen molar-refractivity contribution < 1.29 is 23.8 Å². The second-order valence-corrected chi connectivity index (χ2v) is 7.56. The van der Waals surface area contributed by atoms with E-state index in [2.05, 4.69) is 21.9 Å². The van der Waals surface area contributed by atoms with E-state index in [0.29, 0.717) is 33.0 Å². The minimum atomic E-state index is -0.424. The number of halogens is 1. The molecule has 1 fully saturated rings. The number of thioether (sulfide) groups is 1. The highest BCUT2D eigenvalue weighted by Gasteiger charge is 2.37. The van der Waals surface area contributed by atoms with Gasteiger partial charge in [-0.15, -0.1) is 6.42 Å². The highest BCUT2D eigenvalue weighted by Crippen LogP contribution is 2.41. The minimum Gasteiger partial charge on any atom is -0.495 e. The summed E-state index contributed by atoms with van der Waals surface area (Å²) in [4.78, 5) is 26.8. The van der Waals surface area contributed by atoms with Crippen LogP contribution in [0.15, 0.2) is 45.8 Å². The van der Waals surface area contributed by atoms with Gasteiger partial charge in [0.2, 0.25) is 0 Å². The second kappa shape index (κ2) is 9.07. The number of imide groups is 1. The monoisotopic (exact) mass is 473 g/mol. The molecule has 1 aliphatic heterocycles. The third-order valence-electron chi connectivity index (χ3n) is 3.97. The number of ether oxygens (including phenoxy) is 3. The third-order valence-corrected chi connectivity index (χ3v) is 5.43. The standard InChI is InChI=1S/C21H16BrNO5S/c1-4-9-28-19-14(22)10-13(11-17(19)27-3)12-18-20(24)23(21(25)29-18)15-7-5-6-8-16(15)26-2/h1,5-8,10-12H,9H2,2-3H3/b18-12-. The largest absolute Gasteiger partial charge is 0.495 e. The lowest BCUT2D eigenvalue weighted by Crippen LogP contribution is -2.28. The van der Waals surface area contributed by atoms with E-state index in [-0.39, 0.29) is 11.5 Å². The Labute approximate surface area is 180 Å². The number of carbonyl (C=O) groups is 2. The molecule has 0 atom stereocenters. The number of nitrogens with zero attached hydrogens (tertiary/aromatic N) is 1. The number of amides is 2. The zero-order chi connectivity index (χ0) is 21.0. The van der Waals surface area contributed by atoms with Crippen LogP contribution in [-0.2, 0) is 4.79 Å². The molecule has 8 heteroatoms. The zero-order valence-corrected chi connectivity index (χ0v) is 18.0. The maximum Gasteiger partial charge on any atom is 0.298 e. The average Bonchev–Trinajstić information content (AvgIpc) is 2.99. The van der Waals surface area contributed by atoms with Gasteiger partial charge in [0.05, 0.1) is 29.3 Å². The summed E-state index contributed by atoms with van der Waals surface area (Å²) in [5, 5.41) is -0.397. The number of para-hydroxylation sites is 2. The van der Waals surface area contributed by atoms with Gasteiger partial charge in [0, 0.05) is 0 Å². The number of hydrogen-bond acceptors (Lipinski definition) is 6. The lowest BCUT2D eigenvalue weighted by atomic mass is 10.1.